The van der Waals surface area contributed by atoms with Gasteiger partial charge in [-0.3, -0.25) is 10.2 Å². The van der Waals surface area contributed by atoms with Gasteiger partial charge in [-0.25, -0.2) is 0 Å². The number of hydrogen-bond donors (Lipinski definition) is 1. The first-order valence-corrected chi connectivity index (χ1v) is 8.91. The Bertz CT molecular complexity index is 957. The van der Waals surface area contributed by atoms with Gasteiger partial charge in [-0.1, -0.05) is 52.7 Å². The van der Waals surface area contributed by atoms with E-state index in [4.69, 9.17) is 17.0 Å². The van der Waals surface area contributed by atoms with Crippen molar-refractivity contribution in [2.45, 2.75) is 26.4 Å². The molecule has 0 fully saturated rings. The zero-order valence-electron chi connectivity index (χ0n) is 13.2. The van der Waals surface area contributed by atoms with Crippen LogP contribution >= 0.6 is 27.5 Å². The summed E-state index contributed by atoms with van der Waals surface area (Å²) in [5.74, 6) is -0.0310. The van der Waals surface area contributed by atoms with Crippen LogP contribution < -0.4 is 5.62 Å². The van der Waals surface area contributed by atoms with Crippen molar-refractivity contribution >= 4 is 44.3 Å². The third kappa shape index (κ3) is 3.06. The van der Waals surface area contributed by atoms with Gasteiger partial charge in [0.15, 0.2) is 5.78 Å². The maximum Gasteiger partial charge on any atom is 0.203 e. The second-order valence-electron chi connectivity index (χ2n) is 5.60. The van der Waals surface area contributed by atoms with Crippen molar-refractivity contribution in [2.24, 2.45) is 0 Å². The highest BCUT2D eigenvalue weighted by Crippen LogP contribution is 2.23. The van der Waals surface area contributed by atoms with Gasteiger partial charge in [0.1, 0.15) is 0 Å². The topological polar surface area (TPSA) is 50.8 Å². The number of imidazole rings is 1. The Labute approximate surface area is 153 Å². The summed E-state index contributed by atoms with van der Waals surface area (Å²) in [6, 6.07) is 12.8. The number of halogens is 2. The standard InChI is InChI=1S/C18H17BrClN3O/c1-2-10-22-17-14(20)4-3-5-15(17)23(18(22)21)11-16(24)12-6-8-13(19)9-7-12/h3-9,21H,2,10-11H2,1H3. The van der Waals surface area contributed by atoms with Crippen LogP contribution in [0.5, 0.6) is 0 Å². The highest BCUT2D eigenvalue weighted by Gasteiger charge is 2.16. The lowest BCUT2D eigenvalue weighted by molar-refractivity contribution is 0.0971. The summed E-state index contributed by atoms with van der Waals surface area (Å²) >= 11 is 9.72. The van der Waals surface area contributed by atoms with Gasteiger partial charge in [-0.2, -0.15) is 0 Å². The fraction of sp³-hybridized carbons (Fsp3) is 0.222. The fourth-order valence-corrected chi connectivity index (χ4v) is 3.36. The maximum absolute atomic E-state index is 12.6. The molecule has 0 aliphatic heterocycles. The number of nitrogens with zero attached hydrogens (tertiary/aromatic N) is 2. The van der Waals surface area contributed by atoms with Gasteiger partial charge in [0, 0.05) is 16.6 Å². The number of Topliss-reactive ketones (excluding diaryl/α,β-unsaturated/α-hetero) is 1. The molecule has 1 aromatic heterocycles. The van der Waals surface area contributed by atoms with Gasteiger partial charge in [0.2, 0.25) is 5.62 Å². The molecule has 0 amide bonds. The molecule has 0 radical (unpaired) electrons. The summed E-state index contributed by atoms with van der Waals surface area (Å²) in [6.07, 6.45) is 0.890. The Balaban J connectivity index is 2.08. The van der Waals surface area contributed by atoms with Crippen molar-refractivity contribution in [3.63, 3.8) is 0 Å². The van der Waals surface area contributed by atoms with E-state index in [1.165, 1.54) is 0 Å². The zero-order valence-corrected chi connectivity index (χ0v) is 15.6. The smallest absolute Gasteiger partial charge is 0.203 e. The predicted octanol–water partition coefficient (Wildman–Crippen LogP) is 4.63. The summed E-state index contributed by atoms with van der Waals surface area (Å²) in [5, 5.41) is 9.07. The first kappa shape index (κ1) is 17.0. The zero-order chi connectivity index (χ0) is 17.3. The van der Waals surface area contributed by atoms with Crippen LogP contribution in [0.25, 0.3) is 11.0 Å². The number of fused-ring (bicyclic) bond motifs is 1. The lowest BCUT2D eigenvalue weighted by Crippen LogP contribution is -2.27. The molecule has 3 rings (SSSR count). The highest BCUT2D eigenvalue weighted by molar-refractivity contribution is 9.10. The number of carbonyl (C=O) groups is 1. The molecule has 0 saturated carbocycles. The molecule has 124 valence electrons. The first-order valence-electron chi connectivity index (χ1n) is 7.74. The highest BCUT2D eigenvalue weighted by atomic mass is 79.9. The van der Waals surface area contributed by atoms with Gasteiger partial charge in [-0.05, 0) is 30.7 Å². The monoisotopic (exact) mass is 405 g/mol. The molecule has 0 bridgehead atoms. The van der Waals surface area contributed by atoms with Crippen molar-refractivity contribution < 1.29 is 4.79 Å². The van der Waals surface area contributed by atoms with E-state index in [0.29, 0.717) is 22.7 Å². The second kappa shape index (κ2) is 6.95. The third-order valence-corrected chi connectivity index (χ3v) is 4.79. The Morgan fingerprint density at radius 1 is 1.17 bits per heavy atom. The Kier molecular flexibility index (Phi) is 4.92. The number of aryl methyl sites for hydroxylation is 1. The van der Waals surface area contributed by atoms with E-state index in [1.807, 2.05) is 34.9 Å². The molecule has 0 aliphatic rings. The van der Waals surface area contributed by atoms with E-state index < -0.39 is 0 Å². The van der Waals surface area contributed by atoms with Crippen LogP contribution in [0.3, 0.4) is 0 Å². The molecule has 0 saturated heterocycles. The molecule has 6 heteroatoms. The lowest BCUT2D eigenvalue weighted by atomic mass is 10.1. The van der Waals surface area contributed by atoms with E-state index in [0.717, 1.165) is 21.9 Å². The molecule has 4 nitrogen and oxygen atoms in total. The summed E-state index contributed by atoms with van der Waals surface area (Å²) in [6.45, 7) is 2.87. The number of carbonyl (C=O) groups excluding carboxylic acids is 1. The molecule has 24 heavy (non-hydrogen) atoms. The Hall–Kier alpha value is -1.85. The quantitative estimate of drug-likeness (QED) is 0.617. The minimum Gasteiger partial charge on any atom is -0.309 e. The number of rotatable bonds is 5. The molecule has 3 aromatic rings. The second-order valence-corrected chi connectivity index (χ2v) is 6.92. The van der Waals surface area contributed by atoms with Gasteiger partial charge in [0.25, 0.3) is 0 Å². The van der Waals surface area contributed by atoms with Crippen LogP contribution in [-0.2, 0) is 13.1 Å². The summed E-state index contributed by atoms with van der Waals surface area (Å²) < 4.78 is 4.52. The number of aromatic nitrogens is 2. The SMILES string of the molecule is CCCn1c(=N)n(CC(=O)c2ccc(Br)cc2)c2cccc(Cl)c21. The number of hydrogen-bond acceptors (Lipinski definition) is 2. The van der Waals surface area contributed by atoms with E-state index >= 15 is 0 Å². The largest absolute Gasteiger partial charge is 0.309 e. The van der Waals surface area contributed by atoms with Crippen molar-refractivity contribution in [1.82, 2.24) is 9.13 Å². The predicted molar refractivity (Wildman–Crippen MR) is 99.6 cm³/mol. The van der Waals surface area contributed by atoms with Gasteiger partial charge >= 0.3 is 0 Å². The maximum atomic E-state index is 12.6. The molecule has 0 aliphatic carbocycles. The minimum absolute atomic E-state index is 0.0310. The molecular formula is C18H17BrClN3O. The molecule has 1 N–H and O–H groups in total. The van der Waals surface area contributed by atoms with Crippen molar-refractivity contribution in [3.05, 3.63) is 63.1 Å². The number of nitrogens with one attached hydrogen (secondary N) is 1. The van der Waals surface area contributed by atoms with E-state index in [1.54, 1.807) is 16.7 Å². The Morgan fingerprint density at radius 3 is 2.54 bits per heavy atom. The van der Waals surface area contributed by atoms with Crippen molar-refractivity contribution in [1.29, 1.82) is 5.41 Å². The average Bonchev–Trinajstić information content (AvgIpc) is 2.83. The third-order valence-electron chi connectivity index (χ3n) is 3.95. The minimum atomic E-state index is -0.0310. The van der Waals surface area contributed by atoms with Crippen molar-refractivity contribution in [2.75, 3.05) is 0 Å². The van der Waals surface area contributed by atoms with Crippen LogP contribution in [0.4, 0.5) is 0 Å². The Morgan fingerprint density at radius 2 is 1.88 bits per heavy atom. The van der Waals surface area contributed by atoms with Crippen LogP contribution in [-0.4, -0.2) is 14.9 Å². The van der Waals surface area contributed by atoms with Gasteiger partial charge in [0.05, 0.1) is 22.6 Å². The van der Waals surface area contributed by atoms with Crippen LogP contribution in [0.15, 0.2) is 46.9 Å². The van der Waals surface area contributed by atoms with Crippen molar-refractivity contribution in [3.8, 4) is 0 Å². The summed E-state index contributed by atoms with van der Waals surface area (Å²) in [5.41, 5.74) is 2.55. The summed E-state index contributed by atoms with van der Waals surface area (Å²) in [4.78, 5) is 12.6. The fourth-order valence-electron chi connectivity index (χ4n) is 2.83. The molecule has 2 aromatic carbocycles. The number of benzene rings is 2. The van der Waals surface area contributed by atoms with E-state index in [2.05, 4.69) is 22.9 Å². The summed E-state index contributed by atoms with van der Waals surface area (Å²) in [7, 11) is 0. The van der Waals surface area contributed by atoms with Crippen LogP contribution in [0, 0.1) is 5.41 Å². The van der Waals surface area contributed by atoms with Gasteiger partial charge < -0.3 is 9.13 Å². The average molecular weight is 407 g/mol. The molecular weight excluding hydrogens is 390 g/mol. The molecule has 0 spiro atoms. The van der Waals surface area contributed by atoms with Crippen LogP contribution in [0.1, 0.15) is 23.7 Å². The normalized spacial score (nSPS) is 11.1. The van der Waals surface area contributed by atoms with Gasteiger partial charge in [-0.15, -0.1) is 0 Å². The molecule has 0 atom stereocenters. The van der Waals surface area contributed by atoms with E-state index in [-0.39, 0.29) is 12.3 Å². The number of ketones is 1. The number of para-hydroxylation sites is 1. The molecule has 0 unspecified atom stereocenters. The molecule has 1 heterocycles. The lowest BCUT2D eigenvalue weighted by Gasteiger charge is -2.05. The van der Waals surface area contributed by atoms with E-state index in [9.17, 15) is 4.79 Å². The van der Waals surface area contributed by atoms with Crippen LogP contribution in [0.2, 0.25) is 5.02 Å². The first-order chi connectivity index (χ1) is 11.5.